The average Bonchev–Trinajstić information content (AvgIpc) is 3.18. The van der Waals surface area contributed by atoms with Gasteiger partial charge in [-0.15, -0.1) is 0 Å². The molecule has 150 valence electrons. The lowest BCUT2D eigenvalue weighted by Crippen LogP contribution is -2.42. The van der Waals surface area contributed by atoms with Crippen LogP contribution in [0.25, 0.3) is 0 Å². The Morgan fingerprint density at radius 2 is 1.86 bits per heavy atom. The van der Waals surface area contributed by atoms with Gasteiger partial charge in [-0.1, -0.05) is 23.7 Å². The van der Waals surface area contributed by atoms with Crippen LogP contribution in [0.15, 0.2) is 58.1 Å². The first-order chi connectivity index (χ1) is 14.0. The molecule has 0 aliphatic carbocycles. The number of hydrogen-bond acceptors (Lipinski definition) is 5. The van der Waals surface area contributed by atoms with Crippen molar-refractivity contribution in [1.29, 1.82) is 0 Å². The van der Waals surface area contributed by atoms with Gasteiger partial charge in [-0.3, -0.25) is 5.32 Å². The van der Waals surface area contributed by atoms with Gasteiger partial charge in [0.1, 0.15) is 5.76 Å². The first kappa shape index (κ1) is 20.8. The van der Waals surface area contributed by atoms with Crippen LogP contribution in [0.4, 0.5) is 5.95 Å². The number of aromatic nitrogens is 2. The molecule has 3 N–H and O–H groups in total. The van der Waals surface area contributed by atoms with Crippen LogP contribution in [0.1, 0.15) is 22.7 Å². The molecule has 0 radical (unpaired) electrons. The SMILES string of the molecule is Cc1cc(C)nc(NC(=NCc2ccc(Cl)cc2)NC(=S)NCc2ccco2)n1. The molecule has 0 aliphatic rings. The third-order valence-electron chi connectivity index (χ3n) is 3.78. The number of thiocarbonyl (C=S) groups is 1. The van der Waals surface area contributed by atoms with E-state index in [1.165, 1.54) is 0 Å². The Labute approximate surface area is 179 Å². The number of aliphatic imine (C=N–C) groups is 1. The number of nitrogens with one attached hydrogen (secondary N) is 3. The molecule has 0 saturated heterocycles. The third-order valence-corrected chi connectivity index (χ3v) is 4.28. The van der Waals surface area contributed by atoms with Gasteiger partial charge in [0.2, 0.25) is 11.9 Å². The summed E-state index contributed by atoms with van der Waals surface area (Å²) in [6.45, 7) is 4.71. The number of guanidine groups is 1. The summed E-state index contributed by atoms with van der Waals surface area (Å²) in [5.74, 6) is 1.65. The lowest BCUT2D eigenvalue weighted by atomic mass is 10.2. The standard InChI is InChI=1S/C20H21ClN6OS/c1-13-10-14(2)25-19(24-13)26-18(22-11-15-5-7-16(21)8-6-15)27-20(29)23-12-17-4-3-9-28-17/h3-10H,11-12H2,1-2H3,(H3,22,23,24,25,26,27,29). The van der Waals surface area contributed by atoms with E-state index in [1.54, 1.807) is 6.26 Å². The highest BCUT2D eigenvalue weighted by Gasteiger charge is 2.07. The van der Waals surface area contributed by atoms with Gasteiger partial charge in [-0.25, -0.2) is 15.0 Å². The summed E-state index contributed by atoms with van der Waals surface area (Å²) in [6.07, 6.45) is 1.62. The molecule has 29 heavy (non-hydrogen) atoms. The second kappa shape index (κ2) is 9.99. The average molecular weight is 429 g/mol. The minimum absolute atomic E-state index is 0.396. The van der Waals surface area contributed by atoms with E-state index in [4.69, 9.17) is 28.2 Å². The molecule has 0 amide bonds. The maximum atomic E-state index is 5.95. The fourth-order valence-electron chi connectivity index (χ4n) is 2.49. The summed E-state index contributed by atoms with van der Waals surface area (Å²) in [6, 6.07) is 13.1. The second-order valence-corrected chi connectivity index (χ2v) is 7.12. The zero-order valence-electron chi connectivity index (χ0n) is 16.1. The lowest BCUT2D eigenvalue weighted by molar-refractivity contribution is 0.503. The number of anilines is 1. The Morgan fingerprint density at radius 1 is 1.14 bits per heavy atom. The Bertz CT molecular complexity index is 968. The molecule has 3 rings (SSSR count). The molecule has 2 heterocycles. The van der Waals surface area contributed by atoms with Crippen molar-refractivity contribution in [1.82, 2.24) is 20.6 Å². The van der Waals surface area contributed by atoms with Crippen LogP contribution in [0.2, 0.25) is 5.02 Å². The van der Waals surface area contributed by atoms with Crippen LogP contribution in [-0.4, -0.2) is 21.0 Å². The van der Waals surface area contributed by atoms with Crippen molar-refractivity contribution in [2.24, 2.45) is 4.99 Å². The highest BCUT2D eigenvalue weighted by atomic mass is 35.5. The lowest BCUT2D eigenvalue weighted by Gasteiger charge is -2.14. The molecular weight excluding hydrogens is 408 g/mol. The van der Waals surface area contributed by atoms with Crippen LogP contribution in [0, 0.1) is 13.8 Å². The smallest absolute Gasteiger partial charge is 0.229 e. The van der Waals surface area contributed by atoms with Crippen LogP contribution >= 0.6 is 23.8 Å². The summed E-state index contributed by atoms with van der Waals surface area (Å²) in [5.41, 5.74) is 2.72. The van der Waals surface area contributed by atoms with Crippen molar-refractivity contribution in [3.05, 3.63) is 76.5 Å². The van der Waals surface area contributed by atoms with Crippen LogP contribution in [0.3, 0.4) is 0 Å². The van der Waals surface area contributed by atoms with Crippen molar-refractivity contribution in [2.75, 3.05) is 5.32 Å². The summed E-state index contributed by atoms with van der Waals surface area (Å²) >= 11 is 11.3. The van der Waals surface area contributed by atoms with Gasteiger partial charge in [0.25, 0.3) is 0 Å². The summed E-state index contributed by atoms with van der Waals surface area (Å²) in [7, 11) is 0. The first-order valence-corrected chi connectivity index (χ1v) is 9.72. The molecule has 0 saturated carbocycles. The van der Waals surface area contributed by atoms with E-state index in [2.05, 4.69) is 30.9 Å². The fourth-order valence-corrected chi connectivity index (χ4v) is 2.79. The molecule has 7 nitrogen and oxygen atoms in total. The van der Waals surface area contributed by atoms with E-state index in [0.717, 1.165) is 22.7 Å². The topological polar surface area (TPSA) is 87.4 Å². The summed E-state index contributed by atoms with van der Waals surface area (Å²) < 4.78 is 5.30. The molecule has 0 spiro atoms. The van der Waals surface area contributed by atoms with E-state index in [0.29, 0.717) is 35.1 Å². The van der Waals surface area contributed by atoms with E-state index in [-0.39, 0.29) is 0 Å². The van der Waals surface area contributed by atoms with E-state index in [9.17, 15) is 0 Å². The number of furan rings is 1. The van der Waals surface area contributed by atoms with E-state index < -0.39 is 0 Å². The zero-order chi connectivity index (χ0) is 20.6. The maximum absolute atomic E-state index is 5.95. The maximum Gasteiger partial charge on any atom is 0.229 e. The van der Waals surface area contributed by atoms with Crippen molar-refractivity contribution in [3.63, 3.8) is 0 Å². The Balaban J connectivity index is 1.71. The number of hydrogen-bond donors (Lipinski definition) is 3. The molecular formula is C20H21ClN6OS. The largest absolute Gasteiger partial charge is 0.467 e. The zero-order valence-corrected chi connectivity index (χ0v) is 17.6. The van der Waals surface area contributed by atoms with E-state index in [1.807, 2.05) is 56.3 Å². The third kappa shape index (κ3) is 6.85. The number of nitrogens with zero attached hydrogens (tertiary/aromatic N) is 3. The molecule has 0 fully saturated rings. The van der Waals surface area contributed by atoms with Gasteiger partial charge in [-0.2, -0.15) is 0 Å². The number of rotatable bonds is 5. The predicted octanol–water partition coefficient (Wildman–Crippen LogP) is 3.97. The number of halogens is 1. The number of benzene rings is 1. The quantitative estimate of drug-likeness (QED) is 0.322. The second-order valence-electron chi connectivity index (χ2n) is 6.28. The van der Waals surface area contributed by atoms with Gasteiger partial charge in [0.05, 0.1) is 19.4 Å². The van der Waals surface area contributed by atoms with Crippen LogP contribution < -0.4 is 16.0 Å². The number of aryl methyl sites for hydroxylation is 2. The van der Waals surface area contributed by atoms with Gasteiger partial charge in [0, 0.05) is 16.4 Å². The molecule has 0 atom stereocenters. The monoisotopic (exact) mass is 428 g/mol. The highest BCUT2D eigenvalue weighted by Crippen LogP contribution is 2.10. The highest BCUT2D eigenvalue weighted by molar-refractivity contribution is 7.80. The minimum Gasteiger partial charge on any atom is -0.467 e. The van der Waals surface area contributed by atoms with Crippen molar-refractivity contribution < 1.29 is 4.42 Å². The van der Waals surface area contributed by atoms with Gasteiger partial charge < -0.3 is 15.1 Å². The van der Waals surface area contributed by atoms with Crippen molar-refractivity contribution in [3.8, 4) is 0 Å². The summed E-state index contributed by atoms with van der Waals surface area (Å²) in [5, 5.41) is 10.3. The van der Waals surface area contributed by atoms with Gasteiger partial charge >= 0.3 is 0 Å². The molecule has 0 bridgehead atoms. The Morgan fingerprint density at radius 3 is 2.52 bits per heavy atom. The summed E-state index contributed by atoms with van der Waals surface area (Å²) in [4.78, 5) is 13.4. The van der Waals surface area contributed by atoms with Crippen LogP contribution in [0.5, 0.6) is 0 Å². The molecule has 1 aromatic carbocycles. The molecule has 9 heteroatoms. The molecule has 0 unspecified atom stereocenters. The van der Waals surface area contributed by atoms with E-state index >= 15 is 0 Å². The fraction of sp³-hybridized carbons (Fsp3) is 0.200. The molecule has 3 aromatic rings. The predicted molar refractivity (Wildman–Crippen MR) is 119 cm³/mol. The normalized spacial score (nSPS) is 11.2. The van der Waals surface area contributed by atoms with Crippen molar-refractivity contribution >= 4 is 40.8 Å². The van der Waals surface area contributed by atoms with Gasteiger partial charge in [-0.05, 0) is 62.0 Å². The Kier molecular flexibility index (Phi) is 7.15. The van der Waals surface area contributed by atoms with Crippen molar-refractivity contribution in [2.45, 2.75) is 26.9 Å². The Hall–Kier alpha value is -2.97. The molecule has 2 aromatic heterocycles. The minimum atomic E-state index is 0.396. The van der Waals surface area contributed by atoms with Gasteiger partial charge in [0.15, 0.2) is 5.11 Å². The first-order valence-electron chi connectivity index (χ1n) is 8.93. The van der Waals surface area contributed by atoms with Crippen LogP contribution in [-0.2, 0) is 13.1 Å². The molecule has 0 aliphatic heterocycles.